The monoisotopic (exact) mass is 434 g/mol. The lowest BCUT2D eigenvalue weighted by Gasteiger charge is -2.35. The number of halogens is 1. The first-order valence-corrected chi connectivity index (χ1v) is 11.1. The fraction of sp³-hybridized carbons (Fsp3) is 0.667. The highest BCUT2D eigenvalue weighted by Crippen LogP contribution is 2.44. The number of benzene rings is 1. The van der Waals surface area contributed by atoms with E-state index in [0.717, 1.165) is 38.1 Å². The summed E-state index contributed by atoms with van der Waals surface area (Å²) in [5, 5.41) is 0. The molecule has 0 N–H and O–H groups in total. The maximum atomic E-state index is 12.3. The van der Waals surface area contributed by atoms with Gasteiger partial charge in [-0.15, -0.1) is 12.4 Å². The molecule has 5 nitrogen and oxygen atoms in total. The van der Waals surface area contributed by atoms with Gasteiger partial charge >= 0.3 is 0 Å². The van der Waals surface area contributed by atoms with Crippen LogP contribution in [0.5, 0.6) is 5.75 Å². The molecule has 2 aliphatic heterocycles. The lowest BCUT2D eigenvalue weighted by Crippen LogP contribution is -2.46. The van der Waals surface area contributed by atoms with Crippen molar-refractivity contribution in [3.8, 4) is 5.75 Å². The number of imide groups is 1. The second-order valence-corrected chi connectivity index (χ2v) is 9.73. The molecule has 2 heterocycles. The van der Waals surface area contributed by atoms with Gasteiger partial charge < -0.3 is 4.74 Å². The molecule has 2 amide bonds. The summed E-state index contributed by atoms with van der Waals surface area (Å²) in [6.07, 6.45) is 6.39. The molecule has 0 unspecified atom stereocenters. The number of hydrogen-bond acceptors (Lipinski definition) is 4. The Morgan fingerprint density at radius 2 is 1.77 bits per heavy atom. The SMILES string of the molecule is COc1cccc2c1CC[C@H]1[C@@H]2CCN1CCCCN1C(=O)CC(C)(C)CC1=O.Cl. The van der Waals surface area contributed by atoms with Gasteiger partial charge in [0.05, 0.1) is 7.11 Å². The molecule has 1 aromatic carbocycles. The quantitative estimate of drug-likeness (QED) is 0.498. The van der Waals surface area contributed by atoms with Crippen LogP contribution in [0.25, 0.3) is 0 Å². The van der Waals surface area contributed by atoms with Gasteiger partial charge in [-0.3, -0.25) is 19.4 Å². The fourth-order valence-corrected chi connectivity index (χ4v) is 5.67. The molecular formula is C24H35ClN2O3. The molecule has 0 saturated carbocycles. The van der Waals surface area contributed by atoms with Crippen molar-refractivity contribution in [3.05, 3.63) is 29.3 Å². The van der Waals surface area contributed by atoms with E-state index in [0.29, 0.717) is 31.3 Å². The molecule has 3 aliphatic rings. The third-order valence-corrected chi connectivity index (χ3v) is 7.08. The number of likely N-dealkylation sites (tertiary alicyclic amines) is 2. The zero-order valence-corrected chi connectivity index (χ0v) is 19.3. The number of piperidine rings is 1. The summed E-state index contributed by atoms with van der Waals surface area (Å²) in [5.41, 5.74) is 2.70. The van der Waals surface area contributed by atoms with Crippen LogP contribution in [0, 0.1) is 5.41 Å². The summed E-state index contributed by atoms with van der Waals surface area (Å²) in [7, 11) is 1.77. The van der Waals surface area contributed by atoms with Gasteiger partial charge in [-0.05, 0) is 67.8 Å². The van der Waals surface area contributed by atoms with Crippen molar-refractivity contribution in [2.45, 2.75) is 70.8 Å². The Morgan fingerprint density at radius 3 is 2.47 bits per heavy atom. The Labute approximate surface area is 186 Å². The first-order valence-electron chi connectivity index (χ1n) is 11.1. The van der Waals surface area contributed by atoms with E-state index in [2.05, 4.69) is 23.1 Å². The van der Waals surface area contributed by atoms with Gasteiger partial charge in [-0.1, -0.05) is 26.0 Å². The van der Waals surface area contributed by atoms with E-state index >= 15 is 0 Å². The van der Waals surface area contributed by atoms with Gasteiger partial charge in [0.25, 0.3) is 0 Å². The first-order chi connectivity index (χ1) is 13.9. The zero-order valence-electron chi connectivity index (χ0n) is 18.5. The molecule has 0 bridgehead atoms. The van der Waals surface area contributed by atoms with Crippen molar-refractivity contribution in [1.29, 1.82) is 0 Å². The topological polar surface area (TPSA) is 49.9 Å². The molecule has 1 aromatic rings. The number of rotatable bonds is 6. The summed E-state index contributed by atoms with van der Waals surface area (Å²) in [5.74, 6) is 1.66. The normalized spacial score (nSPS) is 25.5. The van der Waals surface area contributed by atoms with E-state index in [4.69, 9.17) is 4.74 Å². The lowest BCUT2D eigenvalue weighted by molar-refractivity contribution is -0.152. The number of unbranched alkanes of at least 4 members (excludes halogenated alkanes) is 1. The van der Waals surface area contributed by atoms with Gasteiger partial charge in [-0.2, -0.15) is 0 Å². The van der Waals surface area contributed by atoms with E-state index in [1.54, 1.807) is 7.11 Å². The zero-order chi connectivity index (χ0) is 20.6. The Hall–Kier alpha value is -1.59. The number of methoxy groups -OCH3 is 1. The maximum Gasteiger partial charge on any atom is 0.229 e. The Morgan fingerprint density at radius 1 is 1.07 bits per heavy atom. The molecule has 0 radical (unpaired) electrons. The van der Waals surface area contributed by atoms with Crippen LogP contribution in [0.2, 0.25) is 0 Å². The van der Waals surface area contributed by atoms with Crippen LogP contribution in [0.15, 0.2) is 18.2 Å². The van der Waals surface area contributed by atoms with Crippen LogP contribution < -0.4 is 4.74 Å². The van der Waals surface area contributed by atoms with Crippen molar-refractivity contribution in [3.63, 3.8) is 0 Å². The highest BCUT2D eigenvalue weighted by Gasteiger charge is 2.39. The van der Waals surface area contributed by atoms with Gasteiger partial charge in [0.1, 0.15) is 5.75 Å². The van der Waals surface area contributed by atoms with Crippen LogP contribution in [-0.2, 0) is 16.0 Å². The van der Waals surface area contributed by atoms with E-state index in [-0.39, 0.29) is 29.6 Å². The molecule has 0 spiro atoms. The molecule has 2 atom stereocenters. The van der Waals surface area contributed by atoms with Crippen LogP contribution in [0.1, 0.15) is 69.4 Å². The third kappa shape index (κ3) is 4.52. The summed E-state index contributed by atoms with van der Waals surface area (Å²) in [6.45, 7) is 6.78. The predicted molar refractivity (Wildman–Crippen MR) is 120 cm³/mol. The summed E-state index contributed by atoms with van der Waals surface area (Å²) in [4.78, 5) is 28.8. The van der Waals surface area contributed by atoms with E-state index in [1.807, 2.05) is 13.8 Å². The van der Waals surface area contributed by atoms with Crippen LogP contribution in [-0.4, -0.2) is 54.4 Å². The Kier molecular flexibility index (Phi) is 7.13. The minimum Gasteiger partial charge on any atom is -0.496 e. The summed E-state index contributed by atoms with van der Waals surface area (Å²) < 4.78 is 5.58. The molecule has 2 saturated heterocycles. The number of ether oxygens (including phenoxy) is 1. The minimum absolute atomic E-state index is 0. The average Bonchev–Trinajstić information content (AvgIpc) is 3.09. The van der Waals surface area contributed by atoms with Gasteiger partial charge in [0.2, 0.25) is 11.8 Å². The molecule has 166 valence electrons. The maximum absolute atomic E-state index is 12.3. The number of carbonyl (C=O) groups excluding carboxylic acids is 2. The second-order valence-electron chi connectivity index (χ2n) is 9.73. The number of carbonyl (C=O) groups is 2. The first kappa shape index (κ1) is 23.1. The molecule has 0 aromatic heterocycles. The molecule has 6 heteroatoms. The Balaban J connectivity index is 0.00000256. The predicted octanol–water partition coefficient (Wildman–Crippen LogP) is 4.18. The minimum atomic E-state index is -0.185. The standard InChI is InChI=1S/C24H34N2O3.ClH/c1-24(2)15-22(27)26(23(28)16-24)13-5-4-12-25-14-11-18-17-7-6-8-21(29-3)19(17)9-10-20(18)25;/h6-8,18,20H,4-5,9-16H2,1-3H3;1H/t18-,20+;/m1./s1. The summed E-state index contributed by atoms with van der Waals surface area (Å²) >= 11 is 0. The second kappa shape index (κ2) is 9.27. The van der Waals surface area contributed by atoms with E-state index in [9.17, 15) is 9.59 Å². The Bertz CT molecular complexity index is 775. The van der Waals surface area contributed by atoms with Crippen molar-refractivity contribution in [2.75, 3.05) is 26.7 Å². The third-order valence-electron chi connectivity index (χ3n) is 7.08. The molecule has 30 heavy (non-hydrogen) atoms. The van der Waals surface area contributed by atoms with Crippen molar-refractivity contribution in [2.24, 2.45) is 5.41 Å². The van der Waals surface area contributed by atoms with Crippen molar-refractivity contribution >= 4 is 24.2 Å². The average molecular weight is 435 g/mol. The van der Waals surface area contributed by atoms with Crippen LogP contribution in [0.3, 0.4) is 0 Å². The smallest absolute Gasteiger partial charge is 0.229 e. The van der Waals surface area contributed by atoms with E-state index < -0.39 is 0 Å². The number of hydrogen-bond donors (Lipinski definition) is 0. The summed E-state index contributed by atoms with van der Waals surface area (Å²) in [6, 6.07) is 7.11. The van der Waals surface area contributed by atoms with Gasteiger partial charge in [0, 0.05) is 31.3 Å². The molecule has 2 fully saturated rings. The van der Waals surface area contributed by atoms with Gasteiger partial charge in [0.15, 0.2) is 0 Å². The van der Waals surface area contributed by atoms with Gasteiger partial charge in [-0.25, -0.2) is 0 Å². The highest BCUT2D eigenvalue weighted by atomic mass is 35.5. The van der Waals surface area contributed by atoms with Crippen LogP contribution >= 0.6 is 12.4 Å². The highest BCUT2D eigenvalue weighted by molar-refractivity contribution is 5.98. The van der Waals surface area contributed by atoms with Crippen LogP contribution in [0.4, 0.5) is 0 Å². The molecule has 4 rings (SSSR count). The molecule has 1 aliphatic carbocycles. The largest absolute Gasteiger partial charge is 0.496 e. The van der Waals surface area contributed by atoms with Crippen molar-refractivity contribution in [1.82, 2.24) is 9.80 Å². The number of fused-ring (bicyclic) bond motifs is 3. The fourth-order valence-electron chi connectivity index (χ4n) is 5.67. The number of amides is 2. The molecular weight excluding hydrogens is 400 g/mol. The van der Waals surface area contributed by atoms with E-state index in [1.165, 1.54) is 28.9 Å². The van der Waals surface area contributed by atoms with Crippen molar-refractivity contribution < 1.29 is 14.3 Å². The lowest BCUT2D eigenvalue weighted by atomic mass is 9.79. The number of nitrogens with zero attached hydrogens (tertiary/aromatic N) is 2.